The van der Waals surface area contributed by atoms with Crippen LogP contribution in [0.3, 0.4) is 0 Å². The van der Waals surface area contributed by atoms with Gasteiger partial charge in [-0.25, -0.2) is 0 Å². The smallest absolute Gasteiger partial charge is 0.351 e. The summed E-state index contributed by atoms with van der Waals surface area (Å²) in [7, 11) is 16.0. The van der Waals surface area contributed by atoms with Crippen molar-refractivity contribution in [2.24, 2.45) is 0 Å². The third kappa shape index (κ3) is 4550. The van der Waals surface area contributed by atoms with Crippen molar-refractivity contribution in [2.45, 2.75) is 0 Å². The molecule has 0 amide bonds. The average Bonchev–Trinajstić information content (AvgIpc) is 1.92. The maximum atomic E-state index is 2.00. The van der Waals surface area contributed by atoms with Gasteiger partial charge < -0.3 is 21.3 Å². The number of hydrogen-bond donors (Lipinski definition) is 4. The second kappa shape index (κ2) is 80.8. The maximum Gasteiger partial charge on any atom is 4.00 e. The predicted molar refractivity (Wildman–Crippen MR) is 55.1 cm³/mol. The first kappa shape index (κ1) is 29.2. The van der Waals surface area contributed by atoms with Crippen molar-refractivity contribution >= 4 is 0 Å². The molecule has 0 aliphatic carbocycles. The first-order valence-electron chi connectivity index (χ1n) is 4.62. The summed E-state index contributed by atoms with van der Waals surface area (Å²) in [5, 5.41) is 8.00. The van der Waals surface area contributed by atoms with Crippen LogP contribution in [0.1, 0.15) is 0 Å². The Kier molecular flexibility index (Phi) is 181. The van der Waals surface area contributed by atoms with Gasteiger partial charge in [-0.1, -0.05) is 0 Å². The van der Waals surface area contributed by atoms with Crippen molar-refractivity contribution in [3.05, 3.63) is 0 Å². The Morgan fingerprint density at radius 1 is 0.385 bits per heavy atom. The molecule has 0 saturated heterocycles. The van der Waals surface area contributed by atoms with Gasteiger partial charge in [-0.2, -0.15) is 0 Å². The quantitative estimate of drug-likeness (QED) is 0.303. The van der Waals surface area contributed by atoms with E-state index in [1.54, 1.807) is 0 Å². The topological polar surface area (TPSA) is 66.4 Å². The third-order valence-electron chi connectivity index (χ3n) is 0. The van der Waals surface area contributed by atoms with Crippen LogP contribution < -0.4 is 21.3 Å². The molecule has 0 fully saturated rings. The molecule has 0 aliphatic heterocycles. The van der Waals surface area contributed by atoms with Crippen LogP contribution in [0, 0.1) is 0 Å². The molecule has 0 aromatic rings. The largest absolute Gasteiger partial charge is 4.00 e. The minimum absolute atomic E-state index is 0. The molecule has 0 rings (SSSR count). The fraction of sp³-hybridized carbons (Fsp3) is 1.00. The van der Waals surface area contributed by atoms with Crippen LogP contribution in [0.15, 0.2) is 0 Å². The van der Waals surface area contributed by atoms with Crippen molar-refractivity contribution in [3.63, 3.8) is 0 Å². The molecule has 0 aromatic heterocycles. The second-order valence-corrected chi connectivity index (χ2v) is 2.31. The van der Waals surface area contributed by atoms with Crippen molar-refractivity contribution in [2.75, 3.05) is 56.4 Å². The van der Waals surface area contributed by atoms with Gasteiger partial charge in [0.05, 0.1) is 56.4 Å². The van der Waals surface area contributed by atoms with E-state index in [9.17, 15) is 0 Å². The molecule has 0 radical (unpaired) electrons. The summed E-state index contributed by atoms with van der Waals surface area (Å²) in [6.45, 7) is 0. The maximum absolute atomic E-state index is 2.00. The summed E-state index contributed by atoms with van der Waals surface area (Å²) in [5.74, 6) is 0. The third-order valence-corrected chi connectivity index (χ3v) is 0. The van der Waals surface area contributed by atoms with E-state index in [2.05, 4.69) is 0 Å². The zero-order chi connectivity index (χ0) is 10.8. The molecule has 13 heavy (non-hydrogen) atoms. The van der Waals surface area contributed by atoms with Crippen LogP contribution in [0.25, 0.3) is 0 Å². The SMILES string of the molecule is C[NH2+]C.C[NH2+]C.C[NH2+]C.C[NH2+]C.[Ti+4]. The van der Waals surface area contributed by atoms with Gasteiger partial charge in [-0.05, 0) is 0 Å². The van der Waals surface area contributed by atoms with E-state index in [-0.39, 0.29) is 21.7 Å². The van der Waals surface area contributed by atoms with E-state index in [0.717, 1.165) is 0 Å². The van der Waals surface area contributed by atoms with Crippen LogP contribution in [-0.2, 0) is 21.7 Å². The molecule has 8 N–H and O–H groups in total. The summed E-state index contributed by atoms with van der Waals surface area (Å²) in [6.07, 6.45) is 0. The number of nitrogens with two attached hydrogens (primary N) is 4. The fourth-order valence-corrected chi connectivity index (χ4v) is 0. The van der Waals surface area contributed by atoms with E-state index in [1.165, 1.54) is 0 Å². The molecule has 0 saturated carbocycles. The van der Waals surface area contributed by atoms with Gasteiger partial charge in [-0.3, -0.25) is 0 Å². The molecule has 5 heteroatoms. The fourth-order valence-electron chi connectivity index (χ4n) is 0. The monoisotopic (exact) mass is 232 g/mol. The van der Waals surface area contributed by atoms with Crippen LogP contribution in [-0.4, -0.2) is 56.4 Å². The number of hydrogen-bond acceptors (Lipinski definition) is 0. The Labute approximate surface area is 99.5 Å². The Hall–Kier alpha value is 0.554. The van der Waals surface area contributed by atoms with Gasteiger partial charge in [-0.15, -0.1) is 0 Å². The molecule has 0 heterocycles. The standard InChI is InChI=1S/4C2H7N.Ti/c4*1-3-2;/h4*3H,1-2H3;/q;;;;+4/p+4. The molecule has 0 atom stereocenters. The first-order valence-corrected chi connectivity index (χ1v) is 4.62. The van der Waals surface area contributed by atoms with Gasteiger partial charge in [0.2, 0.25) is 0 Å². The average molecular weight is 232 g/mol. The molecule has 0 aliphatic rings. The molecular weight excluding hydrogens is 200 g/mol. The van der Waals surface area contributed by atoms with Gasteiger partial charge in [0.15, 0.2) is 0 Å². The molecule has 0 aromatic carbocycles. The van der Waals surface area contributed by atoms with Crippen LogP contribution in [0.5, 0.6) is 0 Å². The zero-order valence-electron chi connectivity index (χ0n) is 10.8. The minimum Gasteiger partial charge on any atom is -0.351 e. The van der Waals surface area contributed by atoms with Crippen LogP contribution in [0.2, 0.25) is 0 Å². The van der Waals surface area contributed by atoms with Gasteiger partial charge in [0, 0.05) is 0 Å². The van der Waals surface area contributed by atoms with E-state index < -0.39 is 0 Å². The summed E-state index contributed by atoms with van der Waals surface area (Å²) < 4.78 is 0. The molecule has 4 nitrogen and oxygen atoms in total. The zero-order valence-corrected chi connectivity index (χ0v) is 12.4. The van der Waals surface area contributed by atoms with Crippen molar-refractivity contribution in [3.8, 4) is 0 Å². The second-order valence-electron chi connectivity index (χ2n) is 2.31. The number of quaternary nitrogens is 4. The van der Waals surface area contributed by atoms with E-state index >= 15 is 0 Å². The van der Waals surface area contributed by atoms with Gasteiger partial charge in [0.1, 0.15) is 0 Å². The Bertz CT molecular complexity index is 24.1. The van der Waals surface area contributed by atoms with Crippen molar-refractivity contribution in [1.82, 2.24) is 0 Å². The Morgan fingerprint density at radius 2 is 0.385 bits per heavy atom. The predicted octanol–water partition coefficient (Wildman–Crippen LogP) is -4.76. The molecular formula is C8H32N4Ti+8. The summed E-state index contributed by atoms with van der Waals surface area (Å²) in [5.41, 5.74) is 0. The summed E-state index contributed by atoms with van der Waals surface area (Å²) in [6, 6.07) is 0. The Morgan fingerprint density at radius 3 is 0.385 bits per heavy atom. The Balaban J connectivity index is -0.0000000213. The molecule has 0 unspecified atom stereocenters. The van der Waals surface area contributed by atoms with Gasteiger partial charge in [0.25, 0.3) is 0 Å². The normalized spacial score (nSPS) is 5.54. The summed E-state index contributed by atoms with van der Waals surface area (Å²) >= 11 is 0. The van der Waals surface area contributed by atoms with Crippen LogP contribution >= 0.6 is 0 Å². The molecule has 0 spiro atoms. The van der Waals surface area contributed by atoms with E-state index in [0.29, 0.717) is 0 Å². The summed E-state index contributed by atoms with van der Waals surface area (Å²) in [4.78, 5) is 0. The molecule has 0 bridgehead atoms. The van der Waals surface area contributed by atoms with Crippen molar-refractivity contribution < 1.29 is 43.0 Å². The van der Waals surface area contributed by atoms with Crippen molar-refractivity contribution in [1.29, 1.82) is 0 Å². The first-order chi connectivity index (χ1) is 5.66. The van der Waals surface area contributed by atoms with E-state index in [4.69, 9.17) is 0 Å². The van der Waals surface area contributed by atoms with Gasteiger partial charge >= 0.3 is 21.7 Å². The van der Waals surface area contributed by atoms with Crippen LogP contribution in [0.4, 0.5) is 0 Å². The minimum atomic E-state index is 0. The molecule has 80 valence electrons. The number of rotatable bonds is 0. The van der Waals surface area contributed by atoms with E-state index in [1.807, 2.05) is 77.6 Å².